The number of hydrogen-bond acceptors (Lipinski definition) is 5. The van der Waals surface area contributed by atoms with Crippen molar-refractivity contribution in [2.45, 2.75) is 19.4 Å². The molecule has 23 heavy (non-hydrogen) atoms. The number of nitrogens with one attached hydrogen (secondary N) is 2. The van der Waals surface area contributed by atoms with E-state index in [0.29, 0.717) is 10.8 Å². The highest BCUT2D eigenvalue weighted by Crippen LogP contribution is 2.29. The molecule has 4 N–H and O–H groups in total. The Morgan fingerprint density at radius 1 is 1.30 bits per heavy atom. The van der Waals surface area contributed by atoms with E-state index in [9.17, 15) is 9.59 Å². The number of para-hydroxylation sites is 1. The fourth-order valence-electron chi connectivity index (χ4n) is 2.10. The number of ether oxygens (including phenoxy) is 1. The van der Waals surface area contributed by atoms with Gasteiger partial charge in [0, 0.05) is 5.56 Å². The molecule has 0 aliphatic carbocycles. The quantitative estimate of drug-likeness (QED) is 0.780. The minimum atomic E-state index is -0.659. The maximum atomic E-state index is 12.2. The highest BCUT2D eigenvalue weighted by atomic mass is 32.1. The Kier molecular flexibility index (Phi) is 4.85. The number of nitrogens with two attached hydrogens (primary N) is 1. The first-order valence-corrected chi connectivity index (χ1v) is 7.63. The topological polar surface area (TPSA) is 106 Å². The average Bonchev–Trinajstić information content (AvgIpc) is 2.95. The fourth-order valence-corrected chi connectivity index (χ4v) is 2.76. The van der Waals surface area contributed by atoms with Crippen LogP contribution in [0.25, 0.3) is 0 Å². The van der Waals surface area contributed by atoms with Crippen LogP contribution in [0.2, 0.25) is 0 Å². The number of hydrogen-bond donors (Lipinski definition) is 3. The van der Waals surface area contributed by atoms with Crippen molar-refractivity contribution in [1.29, 1.82) is 0 Å². The maximum absolute atomic E-state index is 12.2. The molecule has 0 atom stereocenters. The summed E-state index contributed by atoms with van der Waals surface area (Å²) in [7, 11) is 1.58. The van der Waals surface area contributed by atoms with E-state index in [1.165, 1.54) is 6.20 Å². The van der Waals surface area contributed by atoms with Crippen molar-refractivity contribution in [3.8, 4) is 5.75 Å². The molecule has 3 amide bonds. The molecule has 1 aromatic heterocycles. The van der Waals surface area contributed by atoms with Crippen molar-refractivity contribution in [3.63, 3.8) is 0 Å². The highest BCUT2D eigenvalue weighted by Gasteiger charge is 2.26. The summed E-state index contributed by atoms with van der Waals surface area (Å²) in [6, 6.07) is 7.04. The Labute approximate surface area is 137 Å². The normalized spacial score (nSPS) is 10.9. The van der Waals surface area contributed by atoms with Crippen LogP contribution in [-0.2, 0) is 5.54 Å². The molecule has 0 fully saturated rings. The molecule has 1 heterocycles. The van der Waals surface area contributed by atoms with Gasteiger partial charge in [0.2, 0.25) is 0 Å². The predicted octanol–water partition coefficient (Wildman–Crippen LogP) is 2.31. The van der Waals surface area contributed by atoms with Gasteiger partial charge in [-0.2, -0.15) is 0 Å². The van der Waals surface area contributed by atoms with E-state index in [4.69, 9.17) is 10.5 Å². The van der Waals surface area contributed by atoms with Crippen molar-refractivity contribution in [3.05, 3.63) is 41.0 Å². The zero-order valence-electron chi connectivity index (χ0n) is 13.0. The third kappa shape index (κ3) is 3.98. The first-order valence-electron chi connectivity index (χ1n) is 6.82. The summed E-state index contributed by atoms with van der Waals surface area (Å²) in [5.41, 5.74) is 5.32. The monoisotopic (exact) mass is 334 g/mol. The minimum Gasteiger partial charge on any atom is -0.496 e. The molecule has 2 aromatic rings. The lowest BCUT2D eigenvalue weighted by Crippen LogP contribution is -2.43. The number of primary amides is 1. The van der Waals surface area contributed by atoms with E-state index in [1.807, 2.05) is 38.1 Å². The van der Waals surface area contributed by atoms with Crippen LogP contribution in [-0.4, -0.2) is 24.0 Å². The molecular weight excluding hydrogens is 316 g/mol. The summed E-state index contributed by atoms with van der Waals surface area (Å²) in [4.78, 5) is 27.0. The zero-order chi connectivity index (χ0) is 17.0. The molecule has 0 bridgehead atoms. The lowest BCUT2D eigenvalue weighted by Gasteiger charge is -2.28. The largest absolute Gasteiger partial charge is 0.496 e. The SMILES string of the molecule is COc1ccccc1C(C)(C)NC(=O)Nc1cnc(C(N)=O)s1. The Balaban J connectivity index is 2.10. The van der Waals surface area contributed by atoms with Crippen LogP contribution in [0.4, 0.5) is 9.80 Å². The molecule has 1 aromatic carbocycles. The number of amides is 3. The second-order valence-electron chi connectivity index (χ2n) is 5.30. The van der Waals surface area contributed by atoms with Crippen molar-refractivity contribution in [1.82, 2.24) is 10.3 Å². The molecule has 0 aliphatic heterocycles. The van der Waals surface area contributed by atoms with Crippen LogP contribution < -0.4 is 21.1 Å². The third-order valence-corrected chi connectivity index (χ3v) is 4.09. The number of nitrogens with zero attached hydrogens (tertiary/aromatic N) is 1. The maximum Gasteiger partial charge on any atom is 0.320 e. The molecule has 0 saturated heterocycles. The number of urea groups is 1. The number of anilines is 1. The lowest BCUT2D eigenvalue weighted by molar-refractivity contribution is 0.1000. The van der Waals surface area contributed by atoms with E-state index >= 15 is 0 Å². The number of aromatic nitrogens is 1. The van der Waals surface area contributed by atoms with Gasteiger partial charge in [0.1, 0.15) is 10.8 Å². The van der Waals surface area contributed by atoms with E-state index in [0.717, 1.165) is 16.9 Å². The summed E-state index contributed by atoms with van der Waals surface area (Å²) in [5, 5.41) is 6.08. The molecule has 0 saturated carbocycles. The van der Waals surface area contributed by atoms with Crippen molar-refractivity contribution < 1.29 is 14.3 Å². The Morgan fingerprint density at radius 2 is 2.00 bits per heavy atom. The summed E-state index contributed by atoms with van der Waals surface area (Å²) in [5.74, 6) is 0.0596. The Hall–Kier alpha value is -2.61. The minimum absolute atomic E-state index is 0.143. The van der Waals surface area contributed by atoms with Crippen LogP contribution in [0.3, 0.4) is 0 Å². The highest BCUT2D eigenvalue weighted by molar-refractivity contribution is 7.17. The van der Waals surface area contributed by atoms with Gasteiger partial charge in [-0.1, -0.05) is 29.5 Å². The fraction of sp³-hybridized carbons (Fsp3) is 0.267. The van der Waals surface area contributed by atoms with E-state index in [-0.39, 0.29) is 5.01 Å². The average molecular weight is 334 g/mol. The lowest BCUT2D eigenvalue weighted by atomic mass is 9.93. The molecule has 2 rings (SSSR count). The van der Waals surface area contributed by atoms with Crippen LogP contribution in [0.15, 0.2) is 30.5 Å². The number of thiazole rings is 1. The number of carbonyl (C=O) groups is 2. The first-order chi connectivity index (χ1) is 10.8. The second kappa shape index (κ2) is 6.66. The second-order valence-corrected chi connectivity index (χ2v) is 6.33. The van der Waals surface area contributed by atoms with E-state index in [2.05, 4.69) is 15.6 Å². The molecule has 0 aliphatic rings. The van der Waals surface area contributed by atoms with Gasteiger partial charge in [0.15, 0.2) is 5.01 Å². The van der Waals surface area contributed by atoms with Crippen molar-refractivity contribution in [2.75, 3.05) is 12.4 Å². The summed E-state index contributed by atoms with van der Waals surface area (Å²) in [6.45, 7) is 3.73. The van der Waals surface area contributed by atoms with E-state index in [1.54, 1.807) is 7.11 Å². The molecule has 122 valence electrons. The van der Waals surface area contributed by atoms with Crippen LogP contribution in [0, 0.1) is 0 Å². The van der Waals surface area contributed by atoms with Crippen LogP contribution in [0.5, 0.6) is 5.75 Å². The van der Waals surface area contributed by atoms with Gasteiger partial charge in [-0.25, -0.2) is 9.78 Å². The van der Waals surface area contributed by atoms with Crippen LogP contribution >= 0.6 is 11.3 Å². The Morgan fingerprint density at radius 3 is 2.61 bits per heavy atom. The van der Waals surface area contributed by atoms with Gasteiger partial charge in [0.25, 0.3) is 5.91 Å². The predicted molar refractivity (Wildman–Crippen MR) is 88.8 cm³/mol. The summed E-state index contributed by atoms with van der Waals surface area (Å²) < 4.78 is 5.33. The molecular formula is C15H18N4O3S. The van der Waals surface area contributed by atoms with E-state index < -0.39 is 17.5 Å². The van der Waals surface area contributed by atoms with Gasteiger partial charge in [-0.3, -0.25) is 10.1 Å². The van der Waals surface area contributed by atoms with Gasteiger partial charge < -0.3 is 15.8 Å². The Bertz CT molecular complexity index is 727. The number of carbonyl (C=O) groups excluding carboxylic acids is 2. The smallest absolute Gasteiger partial charge is 0.320 e. The standard InChI is InChI=1S/C15H18N4O3S/c1-15(2,9-6-4-5-7-10(9)22-3)19-14(21)18-11-8-17-13(23-11)12(16)20/h4-8H,1-3H3,(H2,16,20)(H2,18,19,21). The molecule has 0 unspecified atom stereocenters. The van der Waals surface area contributed by atoms with Gasteiger partial charge >= 0.3 is 6.03 Å². The van der Waals surface area contributed by atoms with Gasteiger partial charge in [-0.15, -0.1) is 0 Å². The number of rotatable bonds is 5. The first kappa shape index (κ1) is 16.8. The summed E-state index contributed by atoms with van der Waals surface area (Å²) >= 11 is 1.02. The van der Waals surface area contributed by atoms with Gasteiger partial charge in [-0.05, 0) is 19.9 Å². The molecule has 7 nitrogen and oxygen atoms in total. The number of methoxy groups -OCH3 is 1. The van der Waals surface area contributed by atoms with Crippen molar-refractivity contribution >= 4 is 28.3 Å². The third-order valence-electron chi connectivity index (χ3n) is 3.16. The van der Waals surface area contributed by atoms with Crippen LogP contribution in [0.1, 0.15) is 29.2 Å². The summed E-state index contributed by atoms with van der Waals surface area (Å²) in [6.07, 6.45) is 1.39. The molecule has 0 radical (unpaired) electrons. The van der Waals surface area contributed by atoms with Crippen molar-refractivity contribution in [2.24, 2.45) is 5.73 Å². The molecule has 0 spiro atoms. The molecule has 8 heteroatoms. The zero-order valence-corrected chi connectivity index (χ0v) is 13.9. The number of benzene rings is 1. The van der Waals surface area contributed by atoms with Gasteiger partial charge in [0.05, 0.1) is 18.8 Å².